The van der Waals surface area contributed by atoms with Crippen molar-refractivity contribution in [3.05, 3.63) is 106 Å². The van der Waals surface area contributed by atoms with Crippen LogP contribution in [0.5, 0.6) is 23.0 Å². The van der Waals surface area contributed by atoms with E-state index in [1.165, 1.54) is 11.1 Å². The first-order valence-corrected chi connectivity index (χ1v) is 17.1. The SMILES string of the molecule is CC(C)c1ccc(-c2cc(C(F)(F)F)n3nc(C(=O)N4N=C5/C(=C/c6ccc7c(c6)OCO7)CCC[C@@H]5[C@@H]4c4ccc5c(c4)OCO5)cc3n2)cc1. The number of carbonyl (C=O) groups is 1. The Hall–Kier alpha value is -5.85. The Bertz CT molecular complexity index is 2310. The summed E-state index contributed by atoms with van der Waals surface area (Å²) in [5, 5.41) is 10.5. The molecule has 2 atom stereocenters. The summed E-state index contributed by atoms with van der Waals surface area (Å²) in [5.41, 5.74) is 3.70. The molecule has 5 heterocycles. The van der Waals surface area contributed by atoms with Crippen LogP contribution in [0.25, 0.3) is 23.0 Å². The van der Waals surface area contributed by atoms with Gasteiger partial charge in [0.15, 0.2) is 40.0 Å². The number of carbonyl (C=O) groups excluding carboxylic acids is 1. The minimum Gasteiger partial charge on any atom is -0.454 e. The van der Waals surface area contributed by atoms with Crippen molar-refractivity contribution in [1.82, 2.24) is 19.6 Å². The second-order valence-electron chi connectivity index (χ2n) is 13.6. The maximum Gasteiger partial charge on any atom is 0.433 e. The Morgan fingerprint density at radius 2 is 1.60 bits per heavy atom. The van der Waals surface area contributed by atoms with E-state index in [1.54, 1.807) is 18.2 Å². The zero-order valence-electron chi connectivity index (χ0n) is 28.2. The quantitative estimate of drug-likeness (QED) is 0.181. The number of hydrazone groups is 1. The lowest BCUT2D eigenvalue weighted by Crippen LogP contribution is -2.32. The number of hydrogen-bond acceptors (Lipinski definition) is 8. The molecule has 0 bridgehead atoms. The van der Waals surface area contributed by atoms with Crippen molar-refractivity contribution in [2.75, 3.05) is 13.6 Å². The third kappa shape index (κ3) is 5.51. The van der Waals surface area contributed by atoms with Crippen molar-refractivity contribution >= 4 is 23.3 Å². The molecule has 5 aromatic rings. The van der Waals surface area contributed by atoms with Gasteiger partial charge in [0.25, 0.3) is 5.91 Å². The summed E-state index contributed by atoms with van der Waals surface area (Å²) < 4.78 is 66.6. The first-order chi connectivity index (χ1) is 25.1. The number of fused-ring (bicyclic) bond motifs is 4. The Balaban J connectivity index is 1.13. The summed E-state index contributed by atoms with van der Waals surface area (Å²) >= 11 is 0. The molecule has 264 valence electrons. The highest BCUT2D eigenvalue weighted by Crippen LogP contribution is 2.47. The number of ether oxygens (including phenoxy) is 4. The van der Waals surface area contributed by atoms with Gasteiger partial charge >= 0.3 is 6.18 Å². The van der Waals surface area contributed by atoms with Gasteiger partial charge in [-0.3, -0.25) is 4.79 Å². The van der Waals surface area contributed by atoms with Gasteiger partial charge in [-0.25, -0.2) is 14.5 Å². The smallest absolute Gasteiger partial charge is 0.433 e. The number of rotatable bonds is 5. The first-order valence-electron chi connectivity index (χ1n) is 17.1. The van der Waals surface area contributed by atoms with Crippen molar-refractivity contribution in [2.24, 2.45) is 11.0 Å². The van der Waals surface area contributed by atoms with E-state index in [0.29, 0.717) is 33.1 Å². The van der Waals surface area contributed by atoms with Crippen LogP contribution in [0.15, 0.2) is 83.5 Å². The first kappa shape index (κ1) is 32.1. The van der Waals surface area contributed by atoms with E-state index in [4.69, 9.17) is 24.0 Å². The second kappa shape index (κ2) is 12.1. The number of halogens is 3. The van der Waals surface area contributed by atoms with Crippen molar-refractivity contribution in [1.29, 1.82) is 0 Å². The fraction of sp³-hybridized carbons (Fsp3) is 0.282. The van der Waals surface area contributed by atoms with Crippen LogP contribution in [0.1, 0.15) is 77.9 Å². The Kier molecular flexibility index (Phi) is 7.49. The predicted molar refractivity (Wildman–Crippen MR) is 184 cm³/mol. The molecule has 0 spiro atoms. The molecule has 2 aromatic heterocycles. The van der Waals surface area contributed by atoms with Crippen molar-refractivity contribution < 1.29 is 36.9 Å². The third-order valence-electron chi connectivity index (χ3n) is 10.00. The van der Waals surface area contributed by atoms with E-state index in [2.05, 4.69) is 10.1 Å². The molecule has 3 aromatic carbocycles. The maximum absolute atomic E-state index is 14.5. The number of aromatic nitrogens is 3. The van der Waals surface area contributed by atoms with Crippen LogP contribution in [-0.4, -0.2) is 44.8 Å². The molecule has 3 aliphatic heterocycles. The lowest BCUT2D eigenvalue weighted by atomic mass is 9.77. The van der Waals surface area contributed by atoms with Gasteiger partial charge in [0.2, 0.25) is 13.6 Å². The molecule has 1 aliphatic carbocycles. The van der Waals surface area contributed by atoms with Gasteiger partial charge in [0, 0.05) is 17.5 Å². The highest BCUT2D eigenvalue weighted by Gasteiger charge is 2.45. The zero-order chi connectivity index (χ0) is 35.7. The zero-order valence-corrected chi connectivity index (χ0v) is 28.2. The fourth-order valence-corrected chi connectivity index (χ4v) is 7.39. The largest absolute Gasteiger partial charge is 0.454 e. The van der Waals surface area contributed by atoms with Gasteiger partial charge in [-0.15, -0.1) is 0 Å². The second-order valence-corrected chi connectivity index (χ2v) is 13.6. The van der Waals surface area contributed by atoms with Gasteiger partial charge < -0.3 is 18.9 Å². The topological polar surface area (TPSA) is 99.8 Å². The number of allylic oxidation sites excluding steroid dienone is 1. The van der Waals surface area contributed by atoms with Crippen LogP contribution in [-0.2, 0) is 6.18 Å². The summed E-state index contributed by atoms with van der Waals surface area (Å²) in [5.74, 6) is 1.88. The van der Waals surface area contributed by atoms with E-state index >= 15 is 0 Å². The molecule has 0 radical (unpaired) electrons. The highest BCUT2D eigenvalue weighted by atomic mass is 19.4. The molecular formula is C39H32F3N5O5. The van der Waals surface area contributed by atoms with Gasteiger partial charge in [0.05, 0.1) is 17.4 Å². The molecule has 4 aliphatic rings. The Morgan fingerprint density at radius 1 is 0.885 bits per heavy atom. The maximum atomic E-state index is 14.5. The Labute approximate surface area is 296 Å². The number of amides is 1. The average Bonchev–Trinajstić information content (AvgIpc) is 3.95. The summed E-state index contributed by atoms with van der Waals surface area (Å²) in [6, 6.07) is 20.2. The molecule has 0 saturated heterocycles. The van der Waals surface area contributed by atoms with Crippen molar-refractivity contribution in [3.63, 3.8) is 0 Å². The summed E-state index contributed by atoms with van der Waals surface area (Å²) in [6.07, 6.45) is -0.418. The van der Waals surface area contributed by atoms with E-state index in [-0.39, 0.29) is 42.5 Å². The van der Waals surface area contributed by atoms with Gasteiger partial charge in [0.1, 0.15) is 0 Å². The summed E-state index contributed by atoms with van der Waals surface area (Å²) in [4.78, 5) is 19.0. The lowest BCUT2D eigenvalue weighted by molar-refractivity contribution is -0.142. The van der Waals surface area contributed by atoms with Crippen LogP contribution < -0.4 is 18.9 Å². The highest BCUT2D eigenvalue weighted by molar-refractivity contribution is 6.09. The minimum atomic E-state index is -4.77. The number of hydrogen-bond donors (Lipinski definition) is 0. The molecule has 13 heteroatoms. The number of benzene rings is 3. The molecule has 1 saturated carbocycles. The third-order valence-corrected chi connectivity index (χ3v) is 10.00. The Morgan fingerprint density at radius 3 is 2.33 bits per heavy atom. The van der Waals surface area contributed by atoms with Crippen LogP contribution in [0.2, 0.25) is 0 Å². The van der Waals surface area contributed by atoms with E-state index in [1.807, 2.05) is 62.4 Å². The molecule has 1 amide bonds. The summed E-state index contributed by atoms with van der Waals surface area (Å²) in [6.45, 7) is 4.33. The van der Waals surface area contributed by atoms with Crippen LogP contribution in [0.3, 0.4) is 0 Å². The molecule has 9 rings (SSSR count). The van der Waals surface area contributed by atoms with Gasteiger partial charge in [-0.05, 0) is 83.9 Å². The van der Waals surface area contributed by atoms with Gasteiger partial charge in [-0.1, -0.05) is 50.2 Å². The van der Waals surface area contributed by atoms with E-state index in [0.717, 1.165) is 53.3 Å². The standard InChI is InChI=1S/C39H32F3N5O5/c1-21(2)23-7-9-24(10-8-23)28-17-34(39(40,41)42)46-35(43-28)18-29(44-46)38(48)47-37(26-11-13-31-33(16-26)52-20-50-31)27-5-3-4-25(36(27)45-47)14-22-6-12-30-32(15-22)51-19-49-30/h6-18,21,27,37H,3-5,19-20H2,1-2H3/b25-14+/t27-,37-/m0/s1. The molecular weight excluding hydrogens is 675 g/mol. The molecule has 52 heavy (non-hydrogen) atoms. The fourth-order valence-electron chi connectivity index (χ4n) is 7.39. The molecule has 1 fully saturated rings. The summed E-state index contributed by atoms with van der Waals surface area (Å²) in [7, 11) is 0. The number of nitrogens with zero attached hydrogens (tertiary/aromatic N) is 5. The molecule has 0 N–H and O–H groups in total. The molecule has 0 unspecified atom stereocenters. The van der Waals surface area contributed by atoms with Crippen molar-refractivity contribution in [2.45, 2.75) is 51.2 Å². The van der Waals surface area contributed by atoms with Crippen LogP contribution in [0.4, 0.5) is 13.2 Å². The minimum absolute atomic E-state index is 0.0827. The number of alkyl halides is 3. The van der Waals surface area contributed by atoms with Crippen LogP contribution in [0, 0.1) is 5.92 Å². The monoisotopic (exact) mass is 707 g/mol. The van der Waals surface area contributed by atoms with Crippen molar-refractivity contribution in [3.8, 4) is 34.3 Å². The van der Waals surface area contributed by atoms with E-state index < -0.39 is 23.8 Å². The lowest BCUT2D eigenvalue weighted by Gasteiger charge is -2.29. The van der Waals surface area contributed by atoms with E-state index in [9.17, 15) is 18.0 Å². The average molecular weight is 708 g/mol. The predicted octanol–water partition coefficient (Wildman–Crippen LogP) is 8.43. The van der Waals surface area contributed by atoms with Crippen LogP contribution >= 0.6 is 0 Å². The van der Waals surface area contributed by atoms with Gasteiger partial charge in [-0.2, -0.15) is 23.4 Å². The normalized spacial score (nSPS) is 19.8. The molecule has 10 nitrogen and oxygen atoms in total.